The predicted molar refractivity (Wildman–Crippen MR) is 65.1 cm³/mol. The van der Waals surface area contributed by atoms with E-state index in [4.69, 9.17) is 0 Å². The molecule has 0 N–H and O–H groups in total. The van der Waals surface area contributed by atoms with Crippen LogP contribution in [0.2, 0.25) is 0 Å². The Morgan fingerprint density at radius 1 is 1.18 bits per heavy atom. The Labute approximate surface area is 99.5 Å². The van der Waals surface area contributed by atoms with Crippen LogP contribution in [-0.4, -0.2) is 16.3 Å². The van der Waals surface area contributed by atoms with Crippen LogP contribution < -0.4 is 0 Å². The second kappa shape index (κ2) is 5.04. The zero-order valence-electron chi connectivity index (χ0n) is 9.34. The van der Waals surface area contributed by atoms with Crippen LogP contribution in [0, 0.1) is 18.8 Å². The van der Waals surface area contributed by atoms with Crippen LogP contribution in [0.4, 0.5) is 0 Å². The smallest absolute Gasteiger partial charge is 0.193 e. The van der Waals surface area contributed by atoms with Crippen molar-refractivity contribution < 1.29 is 4.79 Å². The Kier molecular flexibility index (Phi) is 3.27. The number of benzene rings is 1. The molecular weight excluding hydrogens is 212 g/mol. The Bertz CT molecular complexity index is 592. The maximum Gasteiger partial charge on any atom is 0.193 e. The molecule has 3 nitrogen and oxygen atoms in total. The largest absolute Gasteiger partial charge is 0.289 e. The second-order valence-electron chi connectivity index (χ2n) is 3.49. The first-order chi connectivity index (χ1) is 8.29. The lowest BCUT2D eigenvalue weighted by Gasteiger charge is -2.00. The molecule has 1 aromatic heterocycles. The summed E-state index contributed by atoms with van der Waals surface area (Å²) in [5.74, 6) is 5.79. The molecule has 0 aliphatic carbocycles. The Morgan fingerprint density at radius 3 is 2.59 bits per heavy atom. The zero-order valence-corrected chi connectivity index (χ0v) is 9.34. The molecule has 0 bridgehead atoms. The molecule has 2 aromatic rings. The lowest BCUT2D eigenvalue weighted by Crippen LogP contribution is -1.90. The summed E-state index contributed by atoms with van der Waals surface area (Å²) in [5.41, 5.74) is 2.67. The first kappa shape index (κ1) is 11.0. The van der Waals surface area contributed by atoms with Crippen LogP contribution in [0.15, 0.2) is 36.5 Å². The third kappa shape index (κ3) is 2.76. The van der Waals surface area contributed by atoms with Crippen molar-refractivity contribution in [3.63, 3.8) is 0 Å². The van der Waals surface area contributed by atoms with Gasteiger partial charge in [0.05, 0.1) is 0 Å². The second-order valence-corrected chi connectivity index (χ2v) is 3.49. The fourth-order valence-corrected chi connectivity index (χ4v) is 1.40. The fourth-order valence-electron chi connectivity index (χ4n) is 1.40. The average Bonchev–Trinajstić information content (AvgIpc) is 2.37. The fraction of sp³-hybridized carbons (Fsp3) is 0.0714. The standard InChI is InChI=1S/C14H10N2O/c1-11-8-9-15-14(16-11)13-6-4-12(5-7-13)3-2-10-17/h4-10H,1H3. The molecule has 2 rings (SSSR count). The van der Waals surface area contributed by atoms with Gasteiger partial charge in [0.15, 0.2) is 12.1 Å². The summed E-state index contributed by atoms with van der Waals surface area (Å²) in [6.45, 7) is 1.93. The molecule has 0 atom stereocenters. The number of hydrogen-bond acceptors (Lipinski definition) is 3. The van der Waals surface area contributed by atoms with Gasteiger partial charge in [-0.1, -0.05) is 5.92 Å². The third-order valence-corrected chi connectivity index (χ3v) is 2.21. The van der Waals surface area contributed by atoms with Crippen LogP contribution in [-0.2, 0) is 4.79 Å². The molecule has 0 amide bonds. The average molecular weight is 222 g/mol. The van der Waals surface area contributed by atoms with Crippen molar-refractivity contribution in [2.75, 3.05) is 0 Å². The first-order valence-corrected chi connectivity index (χ1v) is 5.15. The van der Waals surface area contributed by atoms with Gasteiger partial charge in [-0.15, -0.1) is 0 Å². The molecule has 0 aliphatic heterocycles. The summed E-state index contributed by atoms with van der Waals surface area (Å²) in [7, 11) is 0. The van der Waals surface area contributed by atoms with E-state index in [2.05, 4.69) is 21.8 Å². The molecule has 0 saturated carbocycles. The van der Waals surface area contributed by atoms with Crippen molar-refractivity contribution in [1.82, 2.24) is 9.97 Å². The lowest BCUT2D eigenvalue weighted by atomic mass is 10.1. The molecule has 1 heterocycles. The Hall–Kier alpha value is -2.47. The van der Waals surface area contributed by atoms with Gasteiger partial charge >= 0.3 is 0 Å². The number of aryl methyl sites for hydroxylation is 1. The lowest BCUT2D eigenvalue weighted by molar-refractivity contribution is -0.103. The van der Waals surface area contributed by atoms with Gasteiger partial charge in [-0.25, -0.2) is 9.97 Å². The molecular formula is C14H10N2O. The van der Waals surface area contributed by atoms with E-state index in [1.54, 1.807) is 6.20 Å². The van der Waals surface area contributed by atoms with Gasteiger partial charge < -0.3 is 0 Å². The normalized spacial score (nSPS) is 9.24. The summed E-state index contributed by atoms with van der Waals surface area (Å²) in [6, 6.07) is 9.33. The van der Waals surface area contributed by atoms with Crippen LogP contribution in [0.1, 0.15) is 11.3 Å². The summed E-state index contributed by atoms with van der Waals surface area (Å²) in [4.78, 5) is 18.6. The number of hydrogen-bond donors (Lipinski definition) is 0. The highest BCUT2D eigenvalue weighted by atomic mass is 16.1. The summed E-state index contributed by atoms with van der Waals surface area (Å²) in [6.07, 6.45) is 2.31. The van der Waals surface area contributed by atoms with Gasteiger partial charge in [0.2, 0.25) is 0 Å². The van der Waals surface area contributed by atoms with E-state index in [1.807, 2.05) is 37.3 Å². The van der Waals surface area contributed by atoms with Crippen LogP contribution in [0.5, 0.6) is 0 Å². The van der Waals surface area contributed by atoms with Gasteiger partial charge in [0.1, 0.15) is 0 Å². The number of carbonyl (C=O) groups excluding carboxylic acids is 1. The van der Waals surface area contributed by atoms with E-state index in [0.29, 0.717) is 12.1 Å². The topological polar surface area (TPSA) is 42.9 Å². The van der Waals surface area contributed by atoms with Gasteiger partial charge in [-0.2, -0.15) is 0 Å². The maximum absolute atomic E-state index is 10.1. The van der Waals surface area contributed by atoms with Crippen molar-refractivity contribution in [2.24, 2.45) is 0 Å². The summed E-state index contributed by atoms with van der Waals surface area (Å²) >= 11 is 0. The van der Waals surface area contributed by atoms with Crippen molar-refractivity contribution >= 4 is 6.29 Å². The zero-order chi connectivity index (χ0) is 12.1. The van der Waals surface area contributed by atoms with Crippen molar-refractivity contribution in [2.45, 2.75) is 6.92 Å². The molecule has 0 spiro atoms. The molecule has 1 aromatic carbocycles. The van der Waals surface area contributed by atoms with Gasteiger partial charge in [-0.05, 0) is 43.2 Å². The van der Waals surface area contributed by atoms with Crippen LogP contribution >= 0.6 is 0 Å². The molecule has 17 heavy (non-hydrogen) atoms. The highest BCUT2D eigenvalue weighted by Gasteiger charge is 2.00. The predicted octanol–water partition coefficient (Wildman–Crippen LogP) is 2.00. The quantitative estimate of drug-likeness (QED) is 0.547. The number of carbonyl (C=O) groups is 1. The van der Waals surface area contributed by atoms with E-state index < -0.39 is 0 Å². The first-order valence-electron chi connectivity index (χ1n) is 5.15. The van der Waals surface area contributed by atoms with Crippen molar-refractivity contribution in [1.29, 1.82) is 0 Å². The van der Waals surface area contributed by atoms with E-state index in [1.165, 1.54) is 0 Å². The monoisotopic (exact) mass is 222 g/mol. The highest BCUT2D eigenvalue weighted by molar-refractivity contribution is 5.74. The van der Waals surface area contributed by atoms with Crippen LogP contribution in [0.3, 0.4) is 0 Å². The number of rotatable bonds is 1. The number of aromatic nitrogens is 2. The minimum absolute atomic E-state index is 0.581. The van der Waals surface area contributed by atoms with Gasteiger partial charge in [-0.3, -0.25) is 4.79 Å². The van der Waals surface area contributed by atoms with Crippen molar-refractivity contribution in [3.05, 3.63) is 47.8 Å². The van der Waals surface area contributed by atoms with Gasteiger partial charge in [0, 0.05) is 23.0 Å². The van der Waals surface area contributed by atoms with Crippen LogP contribution in [0.25, 0.3) is 11.4 Å². The number of nitrogens with zero attached hydrogens (tertiary/aromatic N) is 2. The molecule has 0 fully saturated rings. The SMILES string of the molecule is Cc1ccnc(-c2ccc(C#CC=O)cc2)n1. The van der Waals surface area contributed by atoms with E-state index in [-0.39, 0.29) is 0 Å². The molecule has 0 unspecified atom stereocenters. The molecule has 0 aliphatic rings. The minimum Gasteiger partial charge on any atom is -0.289 e. The van der Waals surface area contributed by atoms with E-state index in [0.717, 1.165) is 16.8 Å². The molecule has 0 radical (unpaired) electrons. The summed E-state index contributed by atoms with van der Waals surface area (Å²) in [5, 5.41) is 0. The minimum atomic E-state index is 0.581. The molecule has 0 saturated heterocycles. The van der Waals surface area contributed by atoms with E-state index in [9.17, 15) is 4.79 Å². The van der Waals surface area contributed by atoms with Crippen molar-refractivity contribution in [3.8, 4) is 23.2 Å². The third-order valence-electron chi connectivity index (χ3n) is 2.21. The Balaban J connectivity index is 2.32. The van der Waals surface area contributed by atoms with Gasteiger partial charge in [0.25, 0.3) is 0 Å². The summed E-state index contributed by atoms with van der Waals surface area (Å²) < 4.78 is 0. The Morgan fingerprint density at radius 2 is 1.94 bits per heavy atom. The number of aldehydes is 1. The van der Waals surface area contributed by atoms with E-state index >= 15 is 0 Å². The molecule has 82 valence electrons. The molecule has 3 heteroatoms. The maximum atomic E-state index is 10.1. The highest BCUT2D eigenvalue weighted by Crippen LogP contribution is 2.14.